The fourth-order valence-electron chi connectivity index (χ4n) is 4.30. The molecule has 2 N–H and O–H groups in total. The first-order chi connectivity index (χ1) is 17.8. The molecule has 0 amide bonds. The largest absolute Gasteiger partial charge is 0.493 e. The molecule has 0 aromatic heterocycles. The number of hydrogen-bond acceptors (Lipinski definition) is 5. The molecular formula is C29H31NO6S. The van der Waals surface area contributed by atoms with Gasteiger partial charge in [-0.25, -0.2) is 8.42 Å². The van der Waals surface area contributed by atoms with E-state index in [9.17, 15) is 18.3 Å². The summed E-state index contributed by atoms with van der Waals surface area (Å²) in [7, 11) is -3.56. The first-order valence-electron chi connectivity index (χ1n) is 12.3. The summed E-state index contributed by atoms with van der Waals surface area (Å²) in [4.78, 5) is 11.2. The Hall–Kier alpha value is -3.46. The quantitative estimate of drug-likeness (QED) is 0.390. The number of para-hydroxylation sites is 1. The summed E-state index contributed by atoms with van der Waals surface area (Å²) in [5, 5.41) is 19.3. The van der Waals surface area contributed by atoms with Gasteiger partial charge in [-0.2, -0.15) is 4.31 Å². The van der Waals surface area contributed by atoms with Gasteiger partial charge in [0.05, 0.1) is 17.6 Å². The van der Waals surface area contributed by atoms with Crippen molar-refractivity contribution in [2.24, 2.45) is 0 Å². The average Bonchev–Trinajstić information content (AvgIpc) is 2.91. The number of hydrogen-bond donors (Lipinski definition) is 2. The predicted molar refractivity (Wildman–Crippen MR) is 142 cm³/mol. The molecule has 0 bridgehead atoms. The lowest BCUT2D eigenvalue weighted by molar-refractivity contribution is -0.136. The summed E-state index contributed by atoms with van der Waals surface area (Å²) < 4.78 is 33.4. The van der Waals surface area contributed by atoms with Crippen molar-refractivity contribution in [2.45, 2.75) is 43.2 Å². The Kier molecular flexibility index (Phi) is 8.76. The van der Waals surface area contributed by atoms with Gasteiger partial charge in [-0.15, -0.1) is 0 Å². The molecule has 8 heteroatoms. The zero-order chi connectivity index (χ0) is 26.3. The standard InChI is InChI=1S/C29H31NO6S/c31-26(17-19-36-28-9-5-4-6-24(28)13-15-29(32)33)14-11-22-10-12-23-16-18-30(21-25(23)20-22)37(34,35)27-7-2-1-3-8-27/h1-12,14,20,26,31H,13,15-19,21H2,(H,32,33)/b14-11+. The summed E-state index contributed by atoms with van der Waals surface area (Å²) in [5.74, 6) is -0.229. The number of carboxylic acids is 1. The van der Waals surface area contributed by atoms with E-state index < -0.39 is 22.1 Å². The van der Waals surface area contributed by atoms with Gasteiger partial charge in [0.25, 0.3) is 0 Å². The van der Waals surface area contributed by atoms with Crippen molar-refractivity contribution in [1.29, 1.82) is 0 Å². The van der Waals surface area contributed by atoms with Gasteiger partial charge in [0.15, 0.2) is 0 Å². The van der Waals surface area contributed by atoms with Gasteiger partial charge in [0.2, 0.25) is 10.0 Å². The molecule has 0 saturated heterocycles. The Bertz CT molecular complexity index is 1350. The number of benzene rings is 3. The fourth-order valence-corrected chi connectivity index (χ4v) is 5.74. The maximum Gasteiger partial charge on any atom is 0.303 e. The molecule has 1 unspecified atom stereocenters. The van der Waals surface area contributed by atoms with Crippen LogP contribution in [0, 0.1) is 0 Å². The predicted octanol–water partition coefficient (Wildman–Crippen LogP) is 4.29. The lowest BCUT2D eigenvalue weighted by Crippen LogP contribution is -2.35. The van der Waals surface area contributed by atoms with Crippen LogP contribution in [0.15, 0.2) is 83.8 Å². The summed E-state index contributed by atoms with van der Waals surface area (Å²) in [6.45, 7) is 1.04. The van der Waals surface area contributed by atoms with Crippen LogP contribution in [0.2, 0.25) is 0 Å². The minimum atomic E-state index is -3.56. The first kappa shape index (κ1) is 26.6. The third-order valence-electron chi connectivity index (χ3n) is 6.35. The number of aliphatic carboxylic acids is 1. The number of fused-ring (bicyclic) bond motifs is 1. The van der Waals surface area contributed by atoms with Crippen LogP contribution >= 0.6 is 0 Å². The molecule has 1 aliphatic rings. The van der Waals surface area contributed by atoms with Crippen molar-refractivity contribution in [1.82, 2.24) is 4.31 Å². The smallest absolute Gasteiger partial charge is 0.303 e. The molecule has 4 rings (SSSR count). The molecular weight excluding hydrogens is 490 g/mol. The molecule has 0 spiro atoms. The normalized spacial score (nSPS) is 14.8. The van der Waals surface area contributed by atoms with E-state index in [1.54, 1.807) is 42.5 Å². The number of carboxylic acid groups (broad SMARTS) is 1. The second-order valence-corrected chi connectivity index (χ2v) is 10.9. The molecule has 194 valence electrons. The molecule has 0 radical (unpaired) electrons. The first-order valence-corrected chi connectivity index (χ1v) is 13.7. The van der Waals surface area contributed by atoms with Crippen LogP contribution in [0.1, 0.15) is 35.1 Å². The van der Waals surface area contributed by atoms with Gasteiger partial charge in [0, 0.05) is 25.9 Å². The molecule has 7 nitrogen and oxygen atoms in total. The second-order valence-electron chi connectivity index (χ2n) is 8.99. The van der Waals surface area contributed by atoms with Crippen LogP contribution < -0.4 is 4.74 Å². The van der Waals surface area contributed by atoms with E-state index in [0.29, 0.717) is 43.0 Å². The number of sulfonamides is 1. The number of aryl methyl sites for hydroxylation is 1. The topological polar surface area (TPSA) is 104 Å². The van der Waals surface area contributed by atoms with Gasteiger partial charge in [-0.1, -0.05) is 66.7 Å². The molecule has 1 atom stereocenters. The Morgan fingerprint density at radius 3 is 2.57 bits per heavy atom. The van der Waals surface area contributed by atoms with E-state index in [-0.39, 0.29) is 13.0 Å². The van der Waals surface area contributed by atoms with Crippen LogP contribution in [-0.2, 0) is 34.2 Å². The maximum atomic E-state index is 13.0. The van der Waals surface area contributed by atoms with E-state index in [0.717, 1.165) is 22.3 Å². The molecule has 0 aliphatic carbocycles. The average molecular weight is 522 g/mol. The van der Waals surface area contributed by atoms with E-state index >= 15 is 0 Å². The number of ether oxygens (including phenoxy) is 1. The molecule has 3 aromatic carbocycles. The van der Waals surface area contributed by atoms with Gasteiger partial charge in [-0.05, 0) is 53.3 Å². The number of rotatable bonds is 11. The summed E-state index contributed by atoms with van der Waals surface area (Å²) in [6.07, 6.45) is 4.24. The van der Waals surface area contributed by atoms with Crippen molar-refractivity contribution in [3.8, 4) is 5.75 Å². The number of carbonyl (C=O) groups is 1. The lowest BCUT2D eigenvalue weighted by atomic mass is 9.98. The monoisotopic (exact) mass is 521 g/mol. The third kappa shape index (κ3) is 7.07. The minimum Gasteiger partial charge on any atom is -0.493 e. The van der Waals surface area contributed by atoms with Crippen molar-refractivity contribution in [3.05, 3.63) is 101 Å². The highest BCUT2D eigenvalue weighted by atomic mass is 32.2. The van der Waals surface area contributed by atoms with Gasteiger partial charge in [-0.3, -0.25) is 4.79 Å². The number of nitrogens with zero attached hydrogens (tertiary/aromatic N) is 1. The van der Waals surface area contributed by atoms with Crippen LogP contribution in [0.5, 0.6) is 5.75 Å². The van der Waals surface area contributed by atoms with Crippen LogP contribution in [0.4, 0.5) is 0 Å². The second kappa shape index (κ2) is 12.2. The van der Waals surface area contributed by atoms with E-state index in [4.69, 9.17) is 9.84 Å². The van der Waals surface area contributed by atoms with Crippen LogP contribution in [-0.4, -0.2) is 48.2 Å². The molecule has 1 aliphatic heterocycles. The Morgan fingerprint density at radius 1 is 1.03 bits per heavy atom. The van der Waals surface area contributed by atoms with E-state index in [1.807, 2.05) is 42.5 Å². The van der Waals surface area contributed by atoms with Gasteiger partial charge in [0.1, 0.15) is 5.75 Å². The number of aliphatic hydroxyl groups is 1. The van der Waals surface area contributed by atoms with Crippen molar-refractivity contribution in [3.63, 3.8) is 0 Å². The lowest BCUT2D eigenvalue weighted by Gasteiger charge is -2.28. The Balaban J connectivity index is 1.34. The van der Waals surface area contributed by atoms with Crippen molar-refractivity contribution in [2.75, 3.05) is 13.2 Å². The third-order valence-corrected chi connectivity index (χ3v) is 8.21. The van der Waals surface area contributed by atoms with E-state index in [1.165, 1.54) is 4.31 Å². The highest BCUT2D eigenvalue weighted by Crippen LogP contribution is 2.26. The minimum absolute atomic E-state index is 0.0302. The molecule has 0 saturated carbocycles. The summed E-state index contributed by atoms with van der Waals surface area (Å²) in [5.41, 5.74) is 3.81. The zero-order valence-electron chi connectivity index (χ0n) is 20.5. The van der Waals surface area contributed by atoms with Gasteiger partial charge < -0.3 is 14.9 Å². The van der Waals surface area contributed by atoms with Crippen molar-refractivity contribution >= 4 is 22.1 Å². The SMILES string of the molecule is O=C(O)CCc1ccccc1OCCC(O)/C=C/c1ccc2c(c1)CN(S(=O)(=O)c1ccccc1)CC2. The van der Waals surface area contributed by atoms with Crippen molar-refractivity contribution < 1.29 is 28.2 Å². The highest BCUT2D eigenvalue weighted by molar-refractivity contribution is 7.89. The summed E-state index contributed by atoms with van der Waals surface area (Å²) >= 11 is 0. The molecule has 1 heterocycles. The molecule has 3 aromatic rings. The maximum absolute atomic E-state index is 13.0. The Morgan fingerprint density at radius 2 is 1.78 bits per heavy atom. The zero-order valence-corrected chi connectivity index (χ0v) is 21.3. The molecule has 0 fully saturated rings. The fraction of sp³-hybridized carbons (Fsp3) is 0.276. The van der Waals surface area contributed by atoms with Crippen LogP contribution in [0.3, 0.4) is 0 Å². The highest BCUT2D eigenvalue weighted by Gasteiger charge is 2.28. The number of aliphatic hydroxyl groups excluding tert-OH is 1. The summed E-state index contributed by atoms with van der Waals surface area (Å²) in [6, 6.07) is 21.8. The van der Waals surface area contributed by atoms with Gasteiger partial charge >= 0.3 is 5.97 Å². The Labute approximate surface area is 217 Å². The van der Waals surface area contributed by atoms with E-state index in [2.05, 4.69) is 0 Å². The van der Waals surface area contributed by atoms with Crippen LogP contribution in [0.25, 0.3) is 6.08 Å². The molecule has 37 heavy (non-hydrogen) atoms.